The van der Waals surface area contributed by atoms with Gasteiger partial charge >= 0.3 is 0 Å². The van der Waals surface area contributed by atoms with Crippen LogP contribution in [-0.4, -0.2) is 6.67 Å². The summed E-state index contributed by atoms with van der Waals surface area (Å²) >= 11 is 0. The topological polar surface area (TPSA) is 0 Å². The minimum atomic E-state index is -0.151. The van der Waals surface area contributed by atoms with Crippen LogP contribution in [-0.2, 0) is 0 Å². The van der Waals surface area contributed by atoms with Gasteiger partial charge in [0, 0.05) is 0 Å². The number of alkyl halides is 1. The molecule has 0 aliphatic carbocycles. The van der Waals surface area contributed by atoms with Crippen molar-refractivity contribution in [3.8, 4) is 0 Å². The summed E-state index contributed by atoms with van der Waals surface area (Å²) in [5.41, 5.74) is 0. The first-order chi connectivity index (χ1) is 5.17. The van der Waals surface area contributed by atoms with E-state index in [9.17, 15) is 4.39 Å². The molecule has 11 heavy (non-hydrogen) atoms. The molecule has 0 saturated heterocycles. The van der Waals surface area contributed by atoms with Crippen LogP contribution in [0, 0.1) is 17.8 Å². The van der Waals surface area contributed by atoms with Gasteiger partial charge in [-0.25, -0.2) is 0 Å². The molecule has 0 heterocycles. The Labute approximate surface area is 70.2 Å². The van der Waals surface area contributed by atoms with Gasteiger partial charge in [-0.05, 0) is 17.8 Å². The van der Waals surface area contributed by atoms with Crippen LogP contribution in [0.25, 0.3) is 0 Å². The molecule has 68 valence electrons. The molecule has 0 radical (unpaired) electrons. The van der Waals surface area contributed by atoms with E-state index >= 15 is 0 Å². The fourth-order valence-electron chi connectivity index (χ4n) is 1.46. The van der Waals surface area contributed by atoms with Crippen LogP contribution >= 0.6 is 0 Å². The van der Waals surface area contributed by atoms with Crippen LogP contribution in [0.4, 0.5) is 4.39 Å². The first-order valence-electron chi connectivity index (χ1n) is 4.73. The average Bonchev–Trinajstić information content (AvgIpc) is 2.05. The number of hydrogen-bond donors (Lipinski definition) is 0. The van der Waals surface area contributed by atoms with Crippen molar-refractivity contribution in [3.05, 3.63) is 0 Å². The van der Waals surface area contributed by atoms with Crippen LogP contribution < -0.4 is 0 Å². The summed E-state index contributed by atoms with van der Waals surface area (Å²) in [6.07, 6.45) is 2.14. The van der Waals surface area contributed by atoms with Crippen LogP contribution in [0.15, 0.2) is 0 Å². The maximum absolute atomic E-state index is 12.4. The Kier molecular flexibility index (Phi) is 5.53. The second kappa shape index (κ2) is 5.56. The molecule has 1 heteroatoms. The summed E-state index contributed by atoms with van der Waals surface area (Å²) in [4.78, 5) is 0. The van der Waals surface area contributed by atoms with Gasteiger partial charge in [0.05, 0.1) is 6.67 Å². The van der Waals surface area contributed by atoms with Gasteiger partial charge in [-0.15, -0.1) is 0 Å². The first kappa shape index (κ1) is 10.9. The highest BCUT2D eigenvalue weighted by atomic mass is 19.1. The van der Waals surface area contributed by atoms with Gasteiger partial charge in [-0.1, -0.05) is 40.5 Å². The minimum Gasteiger partial charge on any atom is -0.251 e. The van der Waals surface area contributed by atoms with Gasteiger partial charge in [-0.2, -0.15) is 0 Å². The van der Waals surface area contributed by atoms with Crippen LogP contribution in [0.5, 0.6) is 0 Å². The summed E-state index contributed by atoms with van der Waals surface area (Å²) in [6.45, 7) is 8.47. The van der Waals surface area contributed by atoms with Gasteiger partial charge in [0.2, 0.25) is 0 Å². The lowest BCUT2D eigenvalue weighted by Gasteiger charge is -2.24. The van der Waals surface area contributed by atoms with E-state index in [1.54, 1.807) is 0 Å². The van der Waals surface area contributed by atoms with E-state index in [0.717, 1.165) is 12.8 Å². The number of halogens is 1. The molecule has 0 aromatic heterocycles. The molecule has 0 nitrogen and oxygen atoms in total. The number of rotatable bonds is 5. The van der Waals surface area contributed by atoms with Crippen molar-refractivity contribution in [2.24, 2.45) is 17.8 Å². The molecule has 0 fully saturated rings. The van der Waals surface area contributed by atoms with E-state index in [1.807, 2.05) is 0 Å². The van der Waals surface area contributed by atoms with Crippen LogP contribution in [0.2, 0.25) is 0 Å². The molecule has 0 aromatic rings. The summed E-state index contributed by atoms with van der Waals surface area (Å²) in [7, 11) is 0. The van der Waals surface area contributed by atoms with Crippen molar-refractivity contribution < 1.29 is 4.39 Å². The quantitative estimate of drug-likeness (QED) is 0.575. The first-order valence-corrected chi connectivity index (χ1v) is 4.73. The molecule has 3 atom stereocenters. The second-order valence-electron chi connectivity index (χ2n) is 3.57. The van der Waals surface area contributed by atoms with Gasteiger partial charge in [0.15, 0.2) is 0 Å². The zero-order valence-electron chi connectivity index (χ0n) is 8.23. The zero-order chi connectivity index (χ0) is 8.85. The van der Waals surface area contributed by atoms with Gasteiger partial charge in [-0.3, -0.25) is 4.39 Å². The molecular weight excluding hydrogens is 139 g/mol. The molecular formula is C10H21F. The lowest BCUT2D eigenvalue weighted by Crippen LogP contribution is -2.19. The monoisotopic (exact) mass is 160 g/mol. The van der Waals surface area contributed by atoms with E-state index in [0.29, 0.717) is 11.8 Å². The Bertz CT molecular complexity index is 86.9. The standard InChI is InChI=1S/C10H21F/c1-5-8(3)9(4)10(6-2)7-11/h8-10H,5-7H2,1-4H3. The van der Waals surface area contributed by atoms with E-state index in [-0.39, 0.29) is 12.6 Å². The molecule has 0 N–H and O–H groups in total. The summed E-state index contributed by atoms with van der Waals surface area (Å²) in [6, 6.07) is 0. The van der Waals surface area contributed by atoms with E-state index < -0.39 is 0 Å². The highest BCUT2D eigenvalue weighted by molar-refractivity contribution is 4.68. The fourth-order valence-corrected chi connectivity index (χ4v) is 1.46. The molecule has 0 aliphatic heterocycles. The van der Waals surface area contributed by atoms with Crippen molar-refractivity contribution in [1.82, 2.24) is 0 Å². The zero-order valence-corrected chi connectivity index (χ0v) is 8.23. The Morgan fingerprint density at radius 3 is 1.91 bits per heavy atom. The molecule has 0 aromatic carbocycles. The minimum absolute atomic E-state index is 0.151. The molecule has 0 saturated carbocycles. The molecule has 3 unspecified atom stereocenters. The summed E-state index contributed by atoms with van der Waals surface area (Å²) in [5, 5.41) is 0. The van der Waals surface area contributed by atoms with Crippen molar-refractivity contribution in [2.45, 2.75) is 40.5 Å². The van der Waals surface area contributed by atoms with Crippen molar-refractivity contribution in [3.63, 3.8) is 0 Å². The predicted molar refractivity (Wildman–Crippen MR) is 48.4 cm³/mol. The third-order valence-corrected chi connectivity index (χ3v) is 3.01. The Morgan fingerprint density at radius 2 is 1.64 bits per heavy atom. The van der Waals surface area contributed by atoms with E-state index in [4.69, 9.17) is 0 Å². The smallest absolute Gasteiger partial charge is 0.0925 e. The van der Waals surface area contributed by atoms with Crippen LogP contribution in [0.3, 0.4) is 0 Å². The third kappa shape index (κ3) is 3.22. The highest BCUT2D eigenvalue weighted by Crippen LogP contribution is 2.25. The number of hydrogen-bond acceptors (Lipinski definition) is 0. The van der Waals surface area contributed by atoms with Gasteiger partial charge in [0.1, 0.15) is 0 Å². The lowest BCUT2D eigenvalue weighted by atomic mass is 9.82. The average molecular weight is 160 g/mol. The van der Waals surface area contributed by atoms with Crippen LogP contribution in [0.1, 0.15) is 40.5 Å². The van der Waals surface area contributed by atoms with Crippen molar-refractivity contribution in [1.29, 1.82) is 0 Å². The molecule has 0 spiro atoms. The maximum Gasteiger partial charge on any atom is 0.0925 e. The SMILES string of the molecule is CCC(C)C(C)C(CC)CF. The Morgan fingerprint density at radius 1 is 1.09 bits per heavy atom. The second-order valence-corrected chi connectivity index (χ2v) is 3.57. The largest absolute Gasteiger partial charge is 0.251 e. The fraction of sp³-hybridized carbons (Fsp3) is 1.00. The summed E-state index contributed by atoms with van der Waals surface area (Å²) < 4.78 is 12.4. The Balaban J connectivity index is 3.86. The van der Waals surface area contributed by atoms with Gasteiger partial charge in [0.25, 0.3) is 0 Å². The highest BCUT2D eigenvalue weighted by Gasteiger charge is 2.19. The third-order valence-electron chi connectivity index (χ3n) is 3.01. The normalized spacial score (nSPS) is 19.4. The van der Waals surface area contributed by atoms with E-state index in [2.05, 4.69) is 27.7 Å². The molecule has 0 aliphatic rings. The lowest BCUT2D eigenvalue weighted by molar-refractivity contribution is 0.205. The van der Waals surface area contributed by atoms with Crippen molar-refractivity contribution >= 4 is 0 Å². The predicted octanol–water partition coefficient (Wildman–Crippen LogP) is 3.66. The summed E-state index contributed by atoms with van der Waals surface area (Å²) in [5.74, 6) is 1.48. The van der Waals surface area contributed by atoms with Gasteiger partial charge < -0.3 is 0 Å². The molecule has 0 bridgehead atoms. The molecule has 0 rings (SSSR count). The Hall–Kier alpha value is -0.0700. The van der Waals surface area contributed by atoms with E-state index in [1.165, 1.54) is 0 Å². The van der Waals surface area contributed by atoms with Crippen molar-refractivity contribution in [2.75, 3.05) is 6.67 Å². The molecule has 0 amide bonds. The maximum atomic E-state index is 12.4.